The molecule has 2 N–H and O–H groups in total. The van der Waals surface area contributed by atoms with Crippen molar-refractivity contribution in [1.82, 2.24) is 10.1 Å². The summed E-state index contributed by atoms with van der Waals surface area (Å²) in [6.45, 7) is 6.52. The van der Waals surface area contributed by atoms with Crippen molar-refractivity contribution >= 4 is 5.91 Å². The number of amides is 1. The fraction of sp³-hybridized carbons (Fsp3) is 0.438. The van der Waals surface area contributed by atoms with E-state index in [2.05, 4.69) is 43.0 Å². The first-order valence-corrected chi connectivity index (χ1v) is 7.08. The zero-order valence-electron chi connectivity index (χ0n) is 12.7. The topological polar surface area (TPSA) is 82.0 Å². The van der Waals surface area contributed by atoms with Crippen LogP contribution in [0.5, 0.6) is 0 Å². The Bertz CT molecular complexity index is 609. The van der Waals surface area contributed by atoms with Crippen LogP contribution < -0.4 is 5.73 Å². The molecule has 0 aliphatic heterocycles. The minimum Gasteiger partial charge on any atom is -0.370 e. The summed E-state index contributed by atoms with van der Waals surface area (Å²) in [4.78, 5) is 15.0. The van der Waals surface area contributed by atoms with Gasteiger partial charge in [-0.15, -0.1) is 0 Å². The van der Waals surface area contributed by atoms with Crippen molar-refractivity contribution in [2.45, 2.75) is 45.4 Å². The van der Waals surface area contributed by atoms with Gasteiger partial charge in [0.2, 0.25) is 17.6 Å². The van der Waals surface area contributed by atoms with E-state index in [0.29, 0.717) is 31.0 Å². The van der Waals surface area contributed by atoms with Gasteiger partial charge in [0.25, 0.3) is 0 Å². The fourth-order valence-corrected chi connectivity index (χ4v) is 2.01. The maximum absolute atomic E-state index is 10.7. The van der Waals surface area contributed by atoms with Crippen molar-refractivity contribution in [3.05, 3.63) is 35.7 Å². The first kappa shape index (κ1) is 15.2. The number of nitrogens with two attached hydrogens (primary N) is 1. The van der Waals surface area contributed by atoms with Crippen molar-refractivity contribution < 1.29 is 9.32 Å². The lowest BCUT2D eigenvalue weighted by Gasteiger charge is -2.18. The maximum Gasteiger partial charge on any atom is 0.226 e. The summed E-state index contributed by atoms with van der Waals surface area (Å²) >= 11 is 0. The monoisotopic (exact) mass is 287 g/mol. The number of primary amides is 1. The van der Waals surface area contributed by atoms with Crippen LogP contribution in [0.25, 0.3) is 11.4 Å². The molecule has 1 aromatic heterocycles. The molecule has 0 aliphatic carbocycles. The maximum atomic E-state index is 10.7. The molecule has 0 saturated heterocycles. The summed E-state index contributed by atoms with van der Waals surface area (Å²) < 4.78 is 5.19. The van der Waals surface area contributed by atoms with Gasteiger partial charge in [-0.05, 0) is 17.4 Å². The Hall–Kier alpha value is -2.17. The standard InChI is InChI=1S/C16H21N3O2/c1-16(2,3)12-9-7-11(8-10-12)15-18-14(21-19-15)6-4-5-13(17)20/h7-10H,4-6H2,1-3H3,(H2,17,20). The third kappa shape index (κ3) is 4.15. The van der Waals surface area contributed by atoms with Crippen LogP contribution in [0.15, 0.2) is 28.8 Å². The van der Waals surface area contributed by atoms with Crippen molar-refractivity contribution in [3.63, 3.8) is 0 Å². The molecule has 2 aromatic rings. The van der Waals surface area contributed by atoms with Crippen molar-refractivity contribution in [1.29, 1.82) is 0 Å². The van der Waals surface area contributed by atoms with E-state index in [4.69, 9.17) is 10.3 Å². The van der Waals surface area contributed by atoms with Crippen LogP contribution in [0.3, 0.4) is 0 Å². The van der Waals surface area contributed by atoms with E-state index in [-0.39, 0.29) is 11.3 Å². The fourth-order valence-electron chi connectivity index (χ4n) is 2.01. The van der Waals surface area contributed by atoms with Gasteiger partial charge in [-0.1, -0.05) is 50.2 Å². The molecule has 0 fully saturated rings. The van der Waals surface area contributed by atoms with Gasteiger partial charge in [-0.2, -0.15) is 4.98 Å². The van der Waals surface area contributed by atoms with Crippen LogP contribution in [0.4, 0.5) is 0 Å². The summed E-state index contributed by atoms with van der Waals surface area (Å²) in [7, 11) is 0. The van der Waals surface area contributed by atoms with Crippen LogP contribution in [-0.2, 0) is 16.6 Å². The zero-order valence-corrected chi connectivity index (χ0v) is 12.7. The van der Waals surface area contributed by atoms with Crippen LogP contribution in [0.1, 0.15) is 45.1 Å². The predicted octanol–water partition coefficient (Wildman–Crippen LogP) is 2.84. The molecule has 5 nitrogen and oxygen atoms in total. The van der Waals surface area contributed by atoms with Gasteiger partial charge in [0.05, 0.1) is 0 Å². The molecule has 0 spiro atoms. The summed E-state index contributed by atoms with van der Waals surface area (Å²) in [6.07, 6.45) is 1.52. The predicted molar refractivity (Wildman–Crippen MR) is 80.6 cm³/mol. The van der Waals surface area contributed by atoms with E-state index < -0.39 is 0 Å². The minimum atomic E-state index is -0.312. The lowest BCUT2D eigenvalue weighted by Crippen LogP contribution is -2.10. The molecule has 5 heteroatoms. The van der Waals surface area contributed by atoms with Gasteiger partial charge >= 0.3 is 0 Å². The lowest BCUT2D eigenvalue weighted by atomic mass is 9.87. The minimum absolute atomic E-state index is 0.121. The quantitative estimate of drug-likeness (QED) is 0.916. The first-order valence-electron chi connectivity index (χ1n) is 7.08. The number of aromatic nitrogens is 2. The number of carbonyl (C=O) groups is 1. The number of hydrogen-bond donors (Lipinski definition) is 1. The molecular formula is C16H21N3O2. The van der Waals surface area contributed by atoms with Gasteiger partial charge in [0.15, 0.2) is 0 Å². The van der Waals surface area contributed by atoms with E-state index in [9.17, 15) is 4.79 Å². The van der Waals surface area contributed by atoms with Crippen molar-refractivity contribution in [2.75, 3.05) is 0 Å². The highest BCUT2D eigenvalue weighted by atomic mass is 16.5. The van der Waals surface area contributed by atoms with Crippen LogP contribution >= 0.6 is 0 Å². The number of carbonyl (C=O) groups excluding carboxylic acids is 1. The summed E-state index contributed by atoms with van der Waals surface area (Å²) in [5.74, 6) is 0.795. The number of benzene rings is 1. The summed E-state index contributed by atoms with van der Waals surface area (Å²) in [6, 6.07) is 8.16. The van der Waals surface area contributed by atoms with E-state index in [0.717, 1.165) is 5.56 Å². The average molecular weight is 287 g/mol. The third-order valence-corrected chi connectivity index (χ3v) is 3.29. The second kappa shape index (κ2) is 6.08. The number of hydrogen-bond acceptors (Lipinski definition) is 4. The molecule has 0 radical (unpaired) electrons. The number of nitrogens with zero attached hydrogens (tertiary/aromatic N) is 2. The van der Waals surface area contributed by atoms with Crippen LogP contribution in [-0.4, -0.2) is 16.0 Å². The van der Waals surface area contributed by atoms with E-state index >= 15 is 0 Å². The Labute approximate surface area is 124 Å². The normalized spacial score (nSPS) is 11.6. The Morgan fingerprint density at radius 3 is 2.48 bits per heavy atom. The summed E-state index contributed by atoms with van der Waals surface area (Å²) in [5, 5.41) is 3.97. The molecule has 2 rings (SSSR count). The Balaban J connectivity index is 2.05. The Morgan fingerprint density at radius 1 is 1.24 bits per heavy atom. The Kier molecular flexibility index (Phi) is 4.40. The molecule has 21 heavy (non-hydrogen) atoms. The van der Waals surface area contributed by atoms with E-state index in [1.54, 1.807) is 0 Å². The highest BCUT2D eigenvalue weighted by molar-refractivity contribution is 5.73. The van der Waals surface area contributed by atoms with Gasteiger partial charge < -0.3 is 10.3 Å². The summed E-state index contributed by atoms with van der Waals surface area (Å²) in [5.41, 5.74) is 7.40. The molecule has 0 unspecified atom stereocenters. The van der Waals surface area contributed by atoms with Gasteiger partial charge in [0, 0.05) is 18.4 Å². The highest BCUT2D eigenvalue weighted by Gasteiger charge is 2.14. The first-order chi connectivity index (χ1) is 9.86. The molecule has 1 amide bonds. The molecule has 112 valence electrons. The smallest absolute Gasteiger partial charge is 0.226 e. The zero-order chi connectivity index (χ0) is 15.5. The SMILES string of the molecule is CC(C)(C)c1ccc(-c2noc(CCCC(N)=O)n2)cc1. The molecule has 0 aliphatic rings. The molecule has 1 aromatic carbocycles. The van der Waals surface area contributed by atoms with Crippen LogP contribution in [0.2, 0.25) is 0 Å². The lowest BCUT2D eigenvalue weighted by molar-refractivity contribution is -0.118. The van der Waals surface area contributed by atoms with Gasteiger partial charge in [-0.3, -0.25) is 4.79 Å². The molecule has 0 atom stereocenters. The largest absolute Gasteiger partial charge is 0.370 e. The van der Waals surface area contributed by atoms with Crippen molar-refractivity contribution in [2.24, 2.45) is 5.73 Å². The third-order valence-electron chi connectivity index (χ3n) is 3.29. The molecular weight excluding hydrogens is 266 g/mol. The molecule has 1 heterocycles. The van der Waals surface area contributed by atoms with E-state index in [1.165, 1.54) is 5.56 Å². The van der Waals surface area contributed by atoms with Gasteiger partial charge in [0.1, 0.15) is 0 Å². The van der Waals surface area contributed by atoms with Gasteiger partial charge in [-0.25, -0.2) is 0 Å². The second-order valence-electron chi connectivity index (χ2n) is 6.16. The average Bonchev–Trinajstić information content (AvgIpc) is 2.86. The van der Waals surface area contributed by atoms with Crippen LogP contribution in [0, 0.1) is 0 Å². The highest BCUT2D eigenvalue weighted by Crippen LogP contribution is 2.25. The molecule has 0 saturated carbocycles. The molecule has 0 bridgehead atoms. The van der Waals surface area contributed by atoms with E-state index in [1.807, 2.05) is 12.1 Å². The Morgan fingerprint density at radius 2 is 1.90 bits per heavy atom. The van der Waals surface area contributed by atoms with Crippen molar-refractivity contribution in [3.8, 4) is 11.4 Å². The number of rotatable bonds is 5. The second-order valence-corrected chi connectivity index (χ2v) is 6.16. The number of aryl methyl sites for hydroxylation is 1.